The van der Waals surface area contributed by atoms with Crippen molar-refractivity contribution in [2.45, 2.75) is 6.61 Å². The van der Waals surface area contributed by atoms with Crippen LogP contribution in [0.5, 0.6) is 5.75 Å². The molecule has 134 valence electrons. The summed E-state index contributed by atoms with van der Waals surface area (Å²) in [6, 6.07) is 15.0. The van der Waals surface area contributed by atoms with Crippen LogP contribution in [0.2, 0.25) is 0 Å². The van der Waals surface area contributed by atoms with Crippen molar-refractivity contribution in [1.82, 2.24) is 10.9 Å². The molecule has 2 rings (SSSR count). The van der Waals surface area contributed by atoms with Crippen LogP contribution in [0.15, 0.2) is 66.7 Å². The molecule has 2 aromatic rings. The lowest BCUT2D eigenvalue weighted by atomic mass is 10.2. The van der Waals surface area contributed by atoms with Crippen molar-refractivity contribution in [3.8, 4) is 5.75 Å². The van der Waals surface area contributed by atoms with Crippen molar-refractivity contribution in [2.75, 3.05) is 0 Å². The first-order valence-electron chi connectivity index (χ1n) is 7.59. The number of benzene rings is 2. The molecule has 0 fully saturated rings. The number of hydrogen-bond acceptors (Lipinski definition) is 3. The standard InChI is InChI=1S/C19H16F2N2O3/c20-19(21)26-16-10-6-15(7-11-16)9-13-18(25)23-22-17(24)12-8-14-4-2-1-3-5-14/h1-13,19H,(H,22,24)(H,23,25)/b12-8?,13-9+. The first-order valence-corrected chi connectivity index (χ1v) is 7.59. The van der Waals surface area contributed by atoms with Crippen molar-refractivity contribution in [3.05, 3.63) is 77.9 Å². The largest absolute Gasteiger partial charge is 0.435 e. The normalized spacial score (nSPS) is 11.0. The number of amides is 2. The molecule has 0 aliphatic carbocycles. The van der Waals surface area contributed by atoms with Crippen LogP contribution in [0.3, 0.4) is 0 Å². The van der Waals surface area contributed by atoms with Crippen molar-refractivity contribution in [3.63, 3.8) is 0 Å². The summed E-state index contributed by atoms with van der Waals surface area (Å²) in [5.74, 6) is -0.998. The highest BCUT2D eigenvalue weighted by atomic mass is 19.3. The predicted octanol–water partition coefficient (Wildman–Crippen LogP) is 3.16. The molecule has 0 heterocycles. The smallest absolute Gasteiger partial charge is 0.387 e. The third kappa shape index (κ3) is 6.96. The Bertz CT molecular complexity index is 788. The number of hydrazine groups is 1. The lowest BCUT2D eigenvalue weighted by Gasteiger charge is -2.04. The quantitative estimate of drug-likeness (QED) is 0.616. The van der Waals surface area contributed by atoms with E-state index in [0.29, 0.717) is 5.56 Å². The minimum absolute atomic E-state index is 0.0269. The van der Waals surface area contributed by atoms with Gasteiger partial charge < -0.3 is 4.74 Å². The summed E-state index contributed by atoms with van der Waals surface area (Å²) >= 11 is 0. The van der Waals surface area contributed by atoms with E-state index in [1.165, 1.54) is 42.5 Å². The number of nitrogens with one attached hydrogen (secondary N) is 2. The van der Waals surface area contributed by atoms with Gasteiger partial charge in [-0.3, -0.25) is 20.4 Å². The molecule has 0 aromatic heterocycles. The second-order valence-corrected chi connectivity index (χ2v) is 5.00. The molecular weight excluding hydrogens is 342 g/mol. The summed E-state index contributed by atoms with van der Waals surface area (Å²) in [6.07, 6.45) is 5.57. The molecule has 2 N–H and O–H groups in total. The average Bonchev–Trinajstić information content (AvgIpc) is 2.64. The molecular formula is C19H16F2N2O3. The van der Waals surface area contributed by atoms with E-state index in [1.54, 1.807) is 6.08 Å². The second kappa shape index (κ2) is 9.73. The van der Waals surface area contributed by atoms with E-state index >= 15 is 0 Å². The first-order chi connectivity index (χ1) is 12.5. The molecule has 0 radical (unpaired) electrons. The predicted molar refractivity (Wildman–Crippen MR) is 93.9 cm³/mol. The molecule has 0 aliphatic rings. The zero-order chi connectivity index (χ0) is 18.8. The Morgan fingerprint density at radius 3 is 1.81 bits per heavy atom. The van der Waals surface area contributed by atoms with Crippen LogP contribution in [-0.4, -0.2) is 18.4 Å². The third-order valence-electron chi connectivity index (χ3n) is 3.07. The number of hydrogen-bond donors (Lipinski definition) is 2. The van der Waals surface area contributed by atoms with E-state index in [-0.39, 0.29) is 5.75 Å². The minimum Gasteiger partial charge on any atom is -0.435 e. The molecule has 5 nitrogen and oxygen atoms in total. The fourth-order valence-electron chi connectivity index (χ4n) is 1.87. The Balaban J connectivity index is 1.78. The summed E-state index contributed by atoms with van der Waals surface area (Å²) in [5.41, 5.74) is 5.93. The fraction of sp³-hybridized carbons (Fsp3) is 0.0526. The van der Waals surface area contributed by atoms with Crippen molar-refractivity contribution in [1.29, 1.82) is 0 Å². The number of alkyl halides is 2. The summed E-state index contributed by atoms with van der Waals surface area (Å²) in [7, 11) is 0. The second-order valence-electron chi connectivity index (χ2n) is 5.00. The van der Waals surface area contributed by atoms with E-state index < -0.39 is 18.4 Å². The Kier molecular flexibility index (Phi) is 7.05. The Labute approximate surface area is 149 Å². The van der Waals surface area contributed by atoms with Gasteiger partial charge >= 0.3 is 6.61 Å². The minimum atomic E-state index is -2.89. The van der Waals surface area contributed by atoms with Crippen molar-refractivity contribution in [2.24, 2.45) is 0 Å². The zero-order valence-corrected chi connectivity index (χ0v) is 13.6. The molecule has 26 heavy (non-hydrogen) atoms. The van der Waals surface area contributed by atoms with Crippen LogP contribution >= 0.6 is 0 Å². The first kappa shape index (κ1) is 18.9. The number of rotatable bonds is 6. The zero-order valence-electron chi connectivity index (χ0n) is 13.6. The summed E-state index contributed by atoms with van der Waals surface area (Å²) in [4.78, 5) is 23.3. The lowest BCUT2D eigenvalue weighted by Crippen LogP contribution is -2.39. The number of ether oxygens (including phenoxy) is 1. The van der Waals surface area contributed by atoms with Gasteiger partial charge in [0, 0.05) is 12.2 Å². The highest BCUT2D eigenvalue weighted by Crippen LogP contribution is 2.15. The molecule has 0 bridgehead atoms. The monoisotopic (exact) mass is 358 g/mol. The maximum Gasteiger partial charge on any atom is 0.387 e. The van der Waals surface area contributed by atoms with Crippen LogP contribution in [0.25, 0.3) is 12.2 Å². The average molecular weight is 358 g/mol. The molecule has 0 atom stereocenters. The molecule has 0 saturated carbocycles. The van der Waals surface area contributed by atoms with Gasteiger partial charge in [-0.1, -0.05) is 42.5 Å². The SMILES string of the molecule is O=C(C=Cc1ccccc1)NNC(=O)/C=C/c1ccc(OC(F)F)cc1. The van der Waals surface area contributed by atoms with Crippen LogP contribution in [0, 0.1) is 0 Å². The van der Waals surface area contributed by atoms with E-state index in [0.717, 1.165) is 5.56 Å². The molecule has 0 spiro atoms. The third-order valence-corrected chi connectivity index (χ3v) is 3.07. The topological polar surface area (TPSA) is 67.4 Å². The maximum absolute atomic E-state index is 12.0. The van der Waals surface area contributed by atoms with Gasteiger partial charge in [-0.15, -0.1) is 0 Å². The van der Waals surface area contributed by atoms with E-state index in [1.807, 2.05) is 30.3 Å². The maximum atomic E-state index is 12.0. The summed E-state index contributed by atoms with van der Waals surface area (Å²) in [6.45, 7) is -2.89. The lowest BCUT2D eigenvalue weighted by molar-refractivity contribution is -0.123. The molecule has 0 unspecified atom stereocenters. The van der Waals surface area contributed by atoms with Crippen LogP contribution in [0.1, 0.15) is 11.1 Å². The van der Waals surface area contributed by atoms with Gasteiger partial charge in [-0.05, 0) is 35.4 Å². The van der Waals surface area contributed by atoms with Gasteiger partial charge in [-0.2, -0.15) is 8.78 Å². The summed E-state index contributed by atoms with van der Waals surface area (Å²) in [5, 5.41) is 0. The number of halogens is 2. The number of carbonyl (C=O) groups is 2. The molecule has 7 heteroatoms. The molecule has 0 aliphatic heterocycles. The molecule has 2 amide bonds. The van der Waals surface area contributed by atoms with Crippen LogP contribution in [-0.2, 0) is 9.59 Å². The molecule has 2 aromatic carbocycles. The van der Waals surface area contributed by atoms with Gasteiger partial charge in [0.05, 0.1) is 0 Å². The van der Waals surface area contributed by atoms with Crippen LogP contribution < -0.4 is 15.6 Å². The van der Waals surface area contributed by atoms with Gasteiger partial charge in [-0.25, -0.2) is 0 Å². The van der Waals surface area contributed by atoms with E-state index in [2.05, 4.69) is 15.6 Å². The van der Waals surface area contributed by atoms with Crippen LogP contribution in [0.4, 0.5) is 8.78 Å². The van der Waals surface area contributed by atoms with Gasteiger partial charge in [0.1, 0.15) is 5.75 Å². The van der Waals surface area contributed by atoms with E-state index in [9.17, 15) is 18.4 Å². The highest BCUT2D eigenvalue weighted by molar-refractivity contribution is 5.96. The highest BCUT2D eigenvalue weighted by Gasteiger charge is 2.03. The van der Waals surface area contributed by atoms with Gasteiger partial charge in [0.25, 0.3) is 11.8 Å². The Morgan fingerprint density at radius 1 is 0.808 bits per heavy atom. The summed E-state index contributed by atoms with van der Waals surface area (Å²) < 4.78 is 28.3. The van der Waals surface area contributed by atoms with Gasteiger partial charge in [0.2, 0.25) is 0 Å². The van der Waals surface area contributed by atoms with Crippen molar-refractivity contribution >= 4 is 24.0 Å². The molecule has 0 saturated heterocycles. The Hall–Kier alpha value is -3.48. The Morgan fingerprint density at radius 2 is 1.31 bits per heavy atom. The van der Waals surface area contributed by atoms with Crippen molar-refractivity contribution < 1.29 is 23.1 Å². The number of carbonyl (C=O) groups excluding carboxylic acids is 2. The van der Waals surface area contributed by atoms with E-state index in [4.69, 9.17) is 0 Å². The fourth-order valence-corrected chi connectivity index (χ4v) is 1.87. The van der Waals surface area contributed by atoms with Gasteiger partial charge in [0.15, 0.2) is 0 Å².